The summed E-state index contributed by atoms with van der Waals surface area (Å²) in [5.41, 5.74) is 1.34. The van der Waals surface area contributed by atoms with Gasteiger partial charge in [0.15, 0.2) is 9.84 Å². The monoisotopic (exact) mass is 407 g/mol. The molecule has 27 heavy (non-hydrogen) atoms. The Morgan fingerprint density at radius 3 is 2.67 bits per heavy atom. The first-order valence-electron chi connectivity index (χ1n) is 8.86. The van der Waals surface area contributed by atoms with Gasteiger partial charge in [0.05, 0.1) is 18.1 Å². The minimum absolute atomic E-state index is 0.00947. The van der Waals surface area contributed by atoms with Crippen LogP contribution in [0.25, 0.3) is 0 Å². The summed E-state index contributed by atoms with van der Waals surface area (Å²) >= 11 is 6.07. The average molecular weight is 408 g/mol. The molecular weight excluding hydrogens is 386 g/mol. The Morgan fingerprint density at radius 2 is 2.00 bits per heavy atom. The Labute approximate surface area is 164 Å². The fourth-order valence-corrected chi connectivity index (χ4v) is 5.21. The van der Waals surface area contributed by atoms with Gasteiger partial charge in [0.2, 0.25) is 0 Å². The molecule has 1 amide bonds. The fraction of sp³-hybridized carbons (Fsp3) is 0.350. The lowest BCUT2D eigenvalue weighted by Gasteiger charge is -2.29. The summed E-state index contributed by atoms with van der Waals surface area (Å²) in [4.78, 5) is 14.9. The van der Waals surface area contributed by atoms with Crippen molar-refractivity contribution < 1.29 is 17.9 Å². The van der Waals surface area contributed by atoms with E-state index in [1.165, 1.54) is 0 Å². The van der Waals surface area contributed by atoms with Crippen molar-refractivity contribution in [3.63, 3.8) is 0 Å². The molecule has 1 atom stereocenters. The van der Waals surface area contributed by atoms with E-state index in [9.17, 15) is 13.2 Å². The summed E-state index contributed by atoms with van der Waals surface area (Å²) in [5, 5.41) is 0.581. The van der Waals surface area contributed by atoms with Crippen molar-refractivity contribution in [1.82, 2.24) is 4.90 Å². The molecule has 0 aromatic heterocycles. The molecule has 1 aliphatic rings. The normalized spacial score (nSPS) is 18.2. The van der Waals surface area contributed by atoms with Gasteiger partial charge >= 0.3 is 0 Å². The van der Waals surface area contributed by atoms with Crippen molar-refractivity contribution in [1.29, 1.82) is 0 Å². The molecule has 1 heterocycles. The molecular formula is C20H22ClNO4S. The molecule has 1 saturated heterocycles. The van der Waals surface area contributed by atoms with Crippen molar-refractivity contribution in [3.05, 3.63) is 64.7 Å². The van der Waals surface area contributed by atoms with Crippen LogP contribution >= 0.6 is 11.6 Å². The van der Waals surface area contributed by atoms with E-state index in [0.29, 0.717) is 35.9 Å². The summed E-state index contributed by atoms with van der Waals surface area (Å²) in [6.45, 7) is 2.69. The Morgan fingerprint density at radius 1 is 1.22 bits per heavy atom. The third kappa shape index (κ3) is 5.02. The molecule has 0 saturated carbocycles. The van der Waals surface area contributed by atoms with Gasteiger partial charge in [-0.1, -0.05) is 29.8 Å². The lowest BCUT2D eigenvalue weighted by molar-refractivity contribution is 0.0680. The third-order valence-corrected chi connectivity index (χ3v) is 6.53. The van der Waals surface area contributed by atoms with Crippen LogP contribution in [0.2, 0.25) is 5.02 Å². The molecule has 0 radical (unpaired) electrons. The van der Waals surface area contributed by atoms with Crippen LogP contribution in [0.15, 0.2) is 48.5 Å². The number of ether oxygens (including phenoxy) is 1. The second-order valence-electron chi connectivity index (χ2n) is 6.58. The van der Waals surface area contributed by atoms with Crippen LogP contribution in [0.5, 0.6) is 5.75 Å². The number of halogens is 1. The van der Waals surface area contributed by atoms with Gasteiger partial charge in [-0.2, -0.15) is 0 Å². The van der Waals surface area contributed by atoms with E-state index >= 15 is 0 Å². The Kier molecular flexibility index (Phi) is 6.07. The van der Waals surface area contributed by atoms with Crippen molar-refractivity contribution in [2.24, 2.45) is 0 Å². The molecule has 1 fully saturated rings. The zero-order valence-electron chi connectivity index (χ0n) is 15.1. The summed E-state index contributed by atoms with van der Waals surface area (Å²) in [5.74, 6) is 0.504. The molecule has 0 bridgehead atoms. The third-order valence-electron chi connectivity index (χ3n) is 4.54. The lowest BCUT2D eigenvalue weighted by atomic mass is 10.1. The number of rotatable bonds is 6. The number of amides is 1. The number of sulfone groups is 1. The van der Waals surface area contributed by atoms with Gasteiger partial charge in [-0.05, 0) is 49.2 Å². The van der Waals surface area contributed by atoms with Crippen LogP contribution in [0, 0.1) is 0 Å². The molecule has 2 aromatic carbocycles. The topological polar surface area (TPSA) is 63.7 Å². The Balaban J connectivity index is 1.91. The number of hydrogen-bond donors (Lipinski definition) is 0. The van der Waals surface area contributed by atoms with Gasteiger partial charge in [0.1, 0.15) is 5.75 Å². The molecule has 0 N–H and O–H groups in total. The molecule has 1 unspecified atom stereocenters. The van der Waals surface area contributed by atoms with Crippen LogP contribution in [-0.4, -0.2) is 43.4 Å². The predicted octanol–water partition coefficient (Wildman–Crippen LogP) is 3.57. The van der Waals surface area contributed by atoms with Crippen molar-refractivity contribution in [2.45, 2.75) is 25.9 Å². The fourth-order valence-electron chi connectivity index (χ4n) is 3.27. The summed E-state index contributed by atoms with van der Waals surface area (Å²) in [6, 6.07) is 13.9. The van der Waals surface area contributed by atoms with Crippen LogP contribution in [0.1, 0.15) is 29.3 Å². The van der Waals surface area contributed by atoms with E-state index in [1.807, 2.05) is 19.1 Å². The summed E-state index contributed by atoms with van der Waals surface area (Å²) in [6.07, 6.45) is 0.444. The average Bonchev–Trinajstić information content (AvgIpc) is 2.99. The van der Waals surface area contributed by atoms with Gasteiger partial charge in [0, 0.05) is 23.2 Å². The maximum atomic E-state index is 13.2. The minimum atomic E-state index is -3.12. The second kappa shape index (κ2) is 8.31. The molecule has 5 nitrogen and oxygen atoms in total. The summed E-state index contributed by atoms with van der Waals surface area (Å²) < 4.78 is 29.4. The van der Waals surface area contributed by atoms with Crippen LogP contribution < -0.4 is 4.74 Å². The van der Waals surface area contributed by atoms with Crippen LogP contribution in [-0.2, 0) is 16.4 Å². The highest BCUT2D eigenvalue weighted by Gasteiger charge is 2.35. The first kappa shape index (κ1) is 19.7. The highest BCUT2D eigenvalue weighted by molar-refractivity contribution is 7.91. The van der Waals surface area contributed by atoms with E-state index in [0.717, 1.165) is 5.56 Å². The predicted molar refractivity (Wildman–Crippen MR) is 106 cm³/mol. The number of hydrogen-bond acceptors (Lipinski definition) is 4. The minimum Gasteiger partial charge on any atom is -0.494 e. The molecule has 7 heteroatoms. The highest BCUT2D eigenvalue weighted by Crippen LogP contribution is 2.24. The SMILES string of the molecule is CCOc1cccc(C(=O)N(Cc2cccc(Cl)c2)C2CCS(=O)(=O)C2)c1. The van der Waals surface area contributed by atoms with Gasteiger partial charge in [-0.3, -0.25) is 4.79 Å². The van der Waals surface area contributed by atoms with E-state index in [-0.39, 0.29) is 23.5 Å². The quantitative estimate of drug-likeness (QED) is 0.734. The van der Waals surface area contributed by atoms with E-state index in [1.54, 1.807) is 41.3 Å². The van der Waals surface area contributed by atoms with Gasteiger partial charge < -0.3 is 9.64 Å². The molecule has 0 aliphatic carbocycles. The number of carbonyl (C=O) groups excluding carboxylic acids is 1. The smallest absolute Gasteiger partial charge is 0.254 e. The molecule has 1 aliphatic heterocycles. The standard InChI is InChI=1S/C20H22ClNO4S/c1-2-26-19-8-4-6-16(12-19)20(23)22(18-9-10-27(24,25)14-18)13-15-5-3-7-17(21)11-15/h3-8,11-12,18H,2,9-10,13-14H2,1H3. The van der Waals surface area contributed by atoms with Gasteiger partial charge in [0.25, 0.3) is 5.91 Å². The van der Waals surface area contributed by atoms with Crippen molar-refractivity contribution in [3.8, 4) is 5.75 Å². The molecule has 0 spiro atoms. The van der Waals surface area contributed by atoms with Gasteiger partial charge in [-0.25, -0.2) is 8.42 Å². The zero-order chi connectivity index (χ0) is 19.4. The zero-order valence-corrected chi connectivity index (χ0v) is 16.7. The maximum Gasteiger partial charge on any atom is 0.254 e. The largest absolute Gasteiger partial charge is 0.494 e. The maximum absolute atomic E-state index is 13.2. The second-order valence-corrected chi connectivity index (χ2v) is 9.25. The van der Waals surface area contributed by atoms with E-state index in [4.69, 9.17) is 16.3 Å². The highest BCUT2D eigenvalue weighted by atomic mass is 35.5. The van der Waals surface area contributed by atoms with E-state index in [2.05, 4.69) is 0 Å². The number of benzene rings is 2. The first-order chi connectivity index (χ1) is 12.9. The van der Waals surface area contributed by atoms with Gasteiger partial charge in [-0.15, -0.1) is 0 Å². The Bertz CT molecular complexity index is 929. The first-order valence-corrected chi connectivity index (χ1v) is 11.1. The number of nitrogens with zero attached hydrogens (tertiary/aromatic N) is 1. The lowest BCUT2D eigenvalue weighted by Crippen LogP contribution is -2.40. The molecule has 3 rings (SSSR count). The van der Waals surface area contributed by atoms with Crippen LogP contribution in [0.3, 0.4) is 0 Å². The van der Waals surface area contributed by atoms with Crippen molar-refractivity contribution in [2.75, 3.05) is 18.1 Å². The summed E-state index contributed by atoms with van der Waals surface area (Å²) in [7, 11) is -3.12. The van der Waals surface area contributed by atoms with Crippen LogP contribution in [0.4, 0.5) is 0 Å². The van der Waals surface area contributed by atoms with E-state index < -0.39 is 9.84 Å². The molecule has 2 aromatic rings. The Hall–Kier alpha value is -2.05. The molecule has 144 valence electrons. The number of carbonyl (C=O) groups is 1. The van der Waals surface area contributed by atoms with Crippen molar-refractivity contribution >= 4 is 27.3 Å².